The highest BCUT2D eigenvalue weighted by Crippen LogP contribution is 2.27. The van der Waals surface area contributed by atoms with E-state index in [1.807, 2.05) is 0 Å². The molecule has 0 amide bonds. The predicted molar refractivity (Wildman–Crippen MR) is 70.3 cm³/mol. The molecule has 0 saturated carbocycles. The minimum absolute atomic E-state index is 0.0680. The molecule has 2 unspecified atom stereocenters. The first-order valence-electron chi connectivity index (χ1n) is 6.11. The first kappa shape index (κ1) is 14.9. The van der Waals surface area contributed by atoms with E-state index in [1.165, 1.54) is 18.2 Å². The van der Waals surface area contributed by atoms with Crippen LogP contribution in [0.4, 0.5) is 5.69 Å². The number of nitro groups is 1. The lowest BCUT2D eigenvalue weighted by atomic mass is 10.1. The van der Waals surface area contributed by atoms with E-state index in [0.29, 0.717) is 5.39 Å². The van der Waals surface area contributed by atoms with Crippen LogP contribution in [0.15, 0.2) is 18.2 Å². The van der Waals surface area contributed by atoms with Crippen molar-refractivity contribution in [3.63, 3.8) is 0 Å². The van der Waals surface area contributed by atoms with Crippen molar-refractivity contribution in [1.82, 2.24) is 10.2 Å². The molecule has 1 aromatic heterocycles. The van der Waals surface area contributed by atoms with Crippen molar-refractivity contribution >= 4 is 22.6 Å². The number of benzene rings is 1. The third-order valence-corrected chi connectivity index (χ3v) is 2.90. The molecule has 2 rings (SSSR count). The standard InChI is InChI=1S/C12H13N3O6/c1-2-21-12(18)11(17)10(16)9-7-4-3-6(15(19)20)5-8(7)13-14-9/h3-5,10-11,16-17H,2H2,1H3,(H,13,14). The Morgan fingerprint density at radius 1 is 1.52 bits per heavy atom. The van der Waals surface area contributed by atoms with E-state index < -0.39 is 23.1 Å². The summed E-state index contributed by atoms with van der Waals surface area (Å²) in [4.78, 5) is 21.5. The Kier molecular flexibility index (Phi) is 4.15. The van der Waals surface area contributed by atoms with E-state index in [4.69, 9.17) is 0 Å². The zero-order valence-electron chi connectivity index (χ0n) is 11.0. The van der Waals surface area contributed by atoms with E-state index in [1.54, 1.807) is 6.92 Å². The molecule has 0 spiro atoms. The van der Waals surface area contributed by atoms with Crippen LogP contribution in [0.25, 0.3) is 10.9 Å². The maximum atomic E-state index is 11.4. The highest BCUT2D eigenvalue weighted by atomic mass is 16.6. The van der Waals surface area contributed by atoms with Gasteiger partial charge in [0.15, 0.2) is 6.10 Å². The van der Waals surface area contributed by atoms with Gasteiger partial charge in [-0.25, -0.2) is 4.79 Å². The monoisotopic (exact) mass is 295 g/mol. The zero-order chi connectivity index (χ0) is 15.6. The molecule has 0 fully saturated rings. The van der Waals surface area contributed by atoms with E-state index in [9.17, 15) is 25.1 Å². The average molecular weight is 295 g/mol. The number of aliphatic hydroxyl groups excluding tert-OH is 2. The molecule has 112 valence electrons. The van der Waals surface area contributed by atoms with Crippen molar-refractivity contribution in [3.8, 4) is 0 Å². The summed E-state index contributed by atoms with van der Waals surface area (Å²) < 4.78 is 4.61. The van der Waals surface area contributed by atoms with Gasteiger partial charge >= 0.3 is 5.97 Å². The third-order valence-electron chi connectivity index (χ3n) is 2.90. The van der Waals surface area contributed by atoms with Gasteiger partial charge in [0.25, 0.3) is 5.69 Å². The van der Waals surface area contributed by atoms with Gasteiger partial charge in [0.2, 0.25) is 0 Å². The number of esters is 1. The molecule has 0 radical (unpaired) electrons. The number of carbonyl (C=O) groups excluding carboxylic acids is 1. The Morgan fingerprint density at radius 2 is 2.24 bits per heavy atom. The molecule has 2 aromatic rings. The molecule has 1 heterocycles. The molecule has 0 saturated heterocycles. The van der Waals surface area contributed by atoms with Crippen LogP contribution < -0.4 is 0 Å². The quantitative estimate of drug-likeness (QED) is 0.413. The second-order valence-electron chi connectivity index (χ2n) is 4.24. The number of aromatic amines is 1. The van der Waals surface area contributed by atoms with Crippen molar-refractivity contribution in [2.75, 3.05) is 6.61 Å². The SMILES string of the molecule is CCOC(=O)C(O)C(O)c1[nH]nc2cc([N+](=O)[O-])ccc12. The summed E-state index contributed by atoms with van der Waals surface area (Å²) in [6, 6.07) is 3.84. The van der Waals surface area contributed by atoms with Crippen LogP contribution in [-0.4, -0.2) is 44.0 Å². The van der Waals surface area contributed by atoms with Crippen LogP contribution >= 0.6 is 0 Å². The van der Waals surface area contributed by atoms with Crippen LogP contribution in [0, 0.1) is 10.1 Å². The van der Waals surface area contributed by atoms with E-state index in [-0.39, 0.29) is 23.5 Å². The second kappa shape index (κ2) is 5.85. The molecule has 9 nitrogen and oxygen atoms in total. The van der Waals surface area contributed by atoms with Crippen molar-refractivity contribution in [3.05, 3.63) is 34.0 Å². The first-order chi connectivity index (χ1) is 9.95. The highest BCUT2D eigenvalue weighted by molar-refractivity contribution is 5.85. The molecule has 0 aliphatic heterocycles. The Hall–Kier alpha value is -2.52. The summed E-state index contributed by atoms with van der Waals surface area (Å²) in [7, 11) is 0. The predicted octanol–water partition coefficient (Wildman–Crippen LogP) is 0.428. The van der Waals surface area contributed by atoms with Crippen molar-refractivity contribution < 1.29 is 24.7 Å². The van der Waals surface area contributed by atoms with Gasteiger partial charge in [-0.15, -0.1) is 0 Å². The smallest absolute Gasteiger partial charge is 0.338 e. The van der Waals surface area contributed by atoms with Crippen LogP contribution in [0.3, 0.4) is 0 Å². The van der Waals surface area contributed by atoms with Crippen molar-refractivity contribution in [1.29, 1.82) is 0 Å². The third kappa shape index (κ3) is 2.83. The Bertz CT molecular complexity index is 683. The number of nitrogens with zero attached hydrogens (tertiary/aromatic N) is 2. The molecule has 0 bridgehead atoms. The van der Waals surface area contributed by atoms with Gasteiger partial charge in [0.05, 0.1) is 22.7 Å². The highest BCUT2D eigenvalue weighted by Gasteiger charge is 2.29. The largest absolute Gasteiger partial charge is 0.464 e. The topological polar surface area (TPSA) is 139 Å². The van der Waals surface area contributed by atoms with Crippen LogP contribution in [-0.2, 0) is 9.53 Å². The fourth-order valence-corrected chi connectivity index (χ4v) is 1.87. The van der Waals surface area contributed by atoms with Crippen molar-refractivity contribution in [2.45, 2.75) is 19.1 Å². The van der Waals surface area contributed by atoms with Gasteiger partial charge in [-0.1, -0.05) is 0 Å². The average Bonchev–Trinajstić information content (AvgIpc) is 2.88. The normalized spacial score (nSPS) is 13.9. The van der Waals surface area contributed by atoms with Gasteiger partial charge in [-0.3, -0.25) is 15.2 Å². The first-order valence-corrected chi connectivity index (χ1v) is 6.11. The lowest BCUT2D eigenvalue weighted by Gasteiger charge is -2.15. The Balaban J connectivity index is 2.34. The van der Waals surface area contributed by atoms with E-state index in [2.05, 4.69) is 14.9 Å². The number of non-ortho nitro benzene ring substituents is 1. The summed E-state index contributed by atoms with van der Waals surface area (Å²) in [6.45, 7) is 1.64. The number of rotatable bonds is 5. The van der Waals surface area contributed by atoms with E-state index in [0.717, 1.165) is 0 Å². The number of aliphatic hydroxyl groups is 2. The van der Waals surface area contributed by atoms with Gasteiger partial charge in [-0.2, -0.15) is 5.10 Å². The number of H-pyrrole nitrogens is 1. The molecule has 0 aliphatic carbocycles. The number of aromatic nitrogens is 2. The molecule has 9 heteroatoms. The second-order valence-corrected chi connectivity index (χ2v) is 4.24. The van der Waals surface area contributed by atoms with Crippen molar-refractivity contribution in [2.24, 2.45) is 0 Å². The maximum Gasteiger partial charge on any atom is 0.338 e. The van der Waals surface area contributed by atoms with Crippen LogP contribution in [0.2, 0.25) is 0 Å². The summed E-state index contributed by atoms with van der Waals surface area (Å²) in [6.07, 6.45) is -3.35. The molecule has 3 N–H and O–H groups in total. The molecular formula is C12H13N3O6. The Labute approximate surface area is 118 Å². The van der Waals surface area contributed by atoms with E-state index >= 15 is 0 Å². The summed E-state index contributed by atoms with van der Waals surface area (Å²) in [5.74, 6) is -0.963. The Morgan fingerprint density at radius 3 is 2.86 bits per heavy atom. The van der Waals surface area contributed by atoms with Gasteiger partial charge < -0.3 is 14.9 Å². The minimum Gasteiger partial charge on any atom is -0.464 e. The molecule has 1 aromatic carbocycles. The number of hydrogen-bond acceptors (Lipinski definition) is 7. The van der Waals surface area contributed by atoms with Crippen LogP contribution in [0.5, 0.6) is 0 Å². The number of carbonyl (C=O) groups is 1. The summed E-state index contributed by atoms with van der Waals surface area (Å²) in [5, 5.41) is 37.0. The fraction of sp³-hybridized carbons (Fsp3) is 0.333. The van der Waals surface area contributed by atoms with Gasteiger partial charge in [0.1, 0.15) is 6.10 Å². The zero-order valence-corrected chi connectivity index (χ0v) is 11.0. The van der Waals surface area contributed by atoms with Crippen LogP contribution in [0.1, 0.15) is 18.7 Å². The fourth-order valence-electron chi connectivity index (χ4n) is 1.87. The lowest BCUT2D eigenvalue weighted by molar-refractivity contribution is -0.384. The lowest BCUT2D eigenvalue weighted by Crippen LogP contribution is -2.30. The number of fused-ring (bicyclic) bond motifs is 1. The minimum atomic E-state index is -1.77. The molecule has 0 aliphatic rings. The number of nitrogens with one attached hydrogen (secondary N) is 1. The summed E-state index contributed by atoms with van der Waals surface area (Å²) >= 11 is 0. The van der Waals surface area contributed by atoms with Gasteiger partial charge in [0, 0.05) is 17.5 Å². The molecular weight excluding hydrogens is 282 g/mol. The molecule has 21 heavy (non-hydrogen) atoms. The summed E-state index contributed by atoms with van der Waals surface area (Å²) in [5.41, 5.74) is 0.177. The maximum absolute atomic E-state index is 11.4. The number of nitro benzene ring substituents is 1. The van der Waals surface area contributed by atoms with Gasteiger partial charge in [-0.05, 0) is 13.0 Å². The molecule has 2 atom stereocenters. The number of hydrogen-bond donors (Lipinski definition) is 3. The number of ether oxygens (including phenoxy) is 1.